The molecule has 8 heteroatoms. The maximum absolute atomic E-state index is 13.3. The van der Waals surface area contributed by atoms with Gasteiger partial charge in [0.05, 0.1) is 12.4 Å². The lowest BCUT2D eigenvalue weighted by Crippen LogP contribution is -2.30. The van der Waals surface area contributed by atoms with E-state index in [0.29, 0.717) is 23.5 Å². The van der Waals surface area contributed by atoms with Crippen molar-refractivity contribution in [2.45, 2.75) is 18.7 Å². The molecule has 4 aromatic carbocycles. The Morgan fingerprint density at radius 3 is 2.29 bits per heavy atom. The van der Waals surface area contributed by atoms with Gasteiger partial charge in [0.2, 0.25) is 5.91 Å². The molecule has 0 aromatic heterocycles. The van der Waals surface area contributed by atoms with E-state index in [9.17, 15) is 14.4 Å². The van der Waals surface area contributed by atoms with Gasteiger partial charge < -0.3 is 20.7 Å². The van der Waals surface area contributed by atoms with Crippen molar-refractivity contribution < 1.29 is 19.1 Å². The lowest BCUT2D eigenvalue weighted by Gasteiger charge is -2.12. The lowest BCUT2D eigenvalue weighted by molar-refractivity contribution is -0.114. The molecule has 0 radical (unpaired) electrons. The Labute approximate surface area is 244 Å². The third-order valence-corrected chi connectivity index (χ3v) is 6.79. The van der Waals surface area contributed by atoms with Gasteiger partial charge in [0, 0.05) is 21.8 Å². The summed E-state index contributed by atoms with van der Waals surface area (Å²) in [6.45, 7) is 4.45. The molecule has 208 valence electrons. The Morgan fingerprint density at radius 2 is 1.56 bits per heavy atom. The fourth-order valence-electron chi connectivity index (χ4n) is 3.88. The van der Waals surface area contributed by atoms with Crippen LogP contribution in [0.1, 0.15) is 28.4 Å². The highest BCUT2D eigenvalue weighted by Crippen LogP contribution is 2.23. The molecule has 4 aromatic rings. The first-order valence-electron chi connectivity index (χ1n) is 13.1. The summed E-state index contributed by atoms with van der Waals surface area (Å²) in [6.07, 6.45) is 1.65. The Morgan fingerprint density at radius 1 is 0.805 bits per heavy atom. The number of nitrogens with one attached hydrogen (secondary N) is 3. The molecule has 0 spiro atoms. The molecule has 0 aliphatic heterocycles. The van der Waals surface area contributed by atoms with Gasteiger partial charge in [-0.2, -0.15) is 0 Å². The zero-order valence-corrected chi connectivity index (χ0v) is 23.7. The number of carbonyl (C=O) groups excluding carboxylic acids is 3. The summed E-state index contributed by atoms with van der Waals surface area (Å²) in [5.41, 5.74) is 3.59. The van der Waals surface area contributed by atoms with E-state index in [1.807, 2.05) is 62.4 Å². The van der Waals surface area contributed by atoms with Crippen LogP contribution in [0, 0.1) is 6.92 Å². The maximum Gasteiger partial charge on any atom is 0.272 e. The van der Waals surface area contributed by atoms with Gasteiger partial charge in [-0.25, -0.2) is 0 Å². The molecule has 0 fully saturated rings. The SMILES string of the molecule is CCOc1ccc(NC(=O)CSc2cccc(NC(=O)/C(=C\c3cccc(C)c3)NC(=O)c3ccccc3)c2)cc1. The van der Waals surface area contributed by atoms with Crippen molar-refractivity contribution in [2.75, 3.05) is 23.0 Å². The minimum atomic E-state index is -0.467. The van der Waals surface area contributed by atoms with Crippen molar-refractivity contribution in [2.24, 2.45) is 0 Å². The summed E-state index contributed by atoms with van der Waals surface area (Å²) in [6, 6.07) is 30.8. The molecular weight excluding hydrogens is 534 g/mol. The number of ether oxygens (including phenoxy) is 1. The topological polar surface area (TPSA) is 96.5 Å². The zero-order chi connectivity index (χ0) is 29.0. The Balaban J connectivity index is 1.41. The molecule has 0 aliphatic rings. The van der Waals surface area contributed by atoms with E-state index in [-0.39, 0.29) is 23.3 Å². The van der Waals surface area contributed by atoms with Crippen LogP contribution in [0.15, 0.2) is 114 Å². The Bertz CT molecular complexity index is 1540. The molecule has 41 heavy (non-hydrogen) atoms. The minimum Gasteiger partial charge on any atom is -0.494 e. The second kappa shape index (κ2) is 14.5. The van der Waals surface area contributed by atoms with Crippen molar-refractivity contribution in [3.63, 3.8) is 0 Å². The molecule has 0 unspecified atom stereocenters. The van der Waals surface area contributed by atoms with Crippen LogP contribution < -0.4 is 20.7 Å². The van der Waals surface area contributed by atoms with Crippen LogP contribution >= 0.6 is 11.8 Å². The Kier molecular flexibility index (Phi) is 10.3. The van der Waals surface area contributed by atoms with Crippen LogP contribution in [0.4, 0.5) is 11.4 Å². The summed E-state index contributed by atoms with van der Waals surface area (Å²) in [4.78, 5) is 39.5. The van der Waals surface area contributed by atoms with E-state index in [2.05, 4.69) is 16.0 Å². The second-order valence-corrected chi connectivity index (χ2v) is 10.1. The number of hydrogen-bond donors (Lipinski definition) is 3. The van der Waals surface area contributed by atoms with Crippen LogP contribution in [0.5, 0.6) is 5.75 Å². The molecule has 3 amide bonds. The molecule has 4 rings (SSSR count). The molecule has 7 nitrogen and oxygen atoms in total. The fraction of sp³-hybridized carbons (Fsp3) is 0.121. The largest absolute Gasteiger partial charge is 0.494 e. The quantitative estimate of drug-likeness (QED) is 0.142. The third-order valence-electron chi connectivity index (χ3n) is 5.79. The maximum atomic E-state index is 13.3. The standard InChI is InChI=1S/C33H31N3O4S/c1-3-40-28-17-15-26(16-18-28)34-31(37)22-41-29-14-8-13-27(21-29)35-33(39)30(20-24-10-7-9-23(2)19-24)36-32(38)25-11-5-4-6-12-25/h4-21H,3,22H2,1-2H3,(H,34,37)(H,35,39)(H,36,38)/b30-20+. The number of anilines is 2. The van der Waals surface area contributed by atoms with Crippen LogP contribution in [0.3, 0.4) is 0 Å². The first-order valence-corrected chi connectivity index (χ1v) is 14.1. The summed E-state index contributed by atoms with van der Waals surface area (Å²) in [5, 5.41) is 8.49. The first kappa shape index (κ1) is 29.2. The number of rotatable bonds is 11. The number of carbonyl (C=O) groups is 3. The van der Waals surface area contributed by atoms with Crippen LogP contribution in [-0.2, 0) is 9.59 Å². The number of benzene rings is 4. The highest BCUT2D eigenvalue weighted by molar-refractivity contribution is 8.00. The normalized spacial score (nSPS) is 10.9. The highest BCUT2D eigenvalue weighted by atomic mass is 32.2. The third kappa shape index (κ3) is 9.12. The Hall–Kier alpha value is -4.82. The minimum absolute atomic E-state index is 0.109. The van der Waals surface area contributed by atoms with E-state index in [1.165, 1.54) is 11.8 Å². The van der Waals surface area contributed by atoms with Gasteiger partial charge in [0.1, 0.15) is 11.4 Å². The van der Waals surface area contributed by atoms with Gasteiger partial charge in [0.25, 0.3) is 11.8 Å². The molecule has 0 heterocycles. The summed E-state index contributed by atoms with van der Waals surface area (Å²) in [7, 11) is 0. The van der Waals surface area contributed by atoms with E-state index in [0.717, 1.165) is 21.8 Å². The number of hydrogen-bond acceptors (Lipinski definition) is 5. The van der Waals surface area contributed by atoms with Gasteiger partial charge in [-0.1, -0.05) is 54.1 Å². The molecule has 0 atom stereocenters. The fourth-order valence-corrected chi connectivity index (χ4v) is 4.63. The van der Waals surface area contributed by atoms with E-state index in [1.54, 1.807) is 60.7 Å². The van der Waals surface area contributed by atoms with Crippen LogP contribution in [-0.4, -0.2) is 30.1 Å². The smallest absolute Gasteiger partial charge is 0.272 e. The summed E-state index contributed by atoms with van der Waals surface area (Å²) >= 11 is 1.35. The average molecular weight is 566 g/mol. The molecule has 0 saturated carbocycles. The van der Waals surface area contributed by atoms with Crippen molar-refractivity contribution >= 4 is 46.9 Å². The molecular formula is C33H31N3O4S. The van der Waals surface area contributed by atoms with Crippen molar-refractivity contribution in [3.05, 3.63) is 126 Å². The van der Waals surface area contributed by atoms with E-state index in [4.69, 9.17) is 4.74 Å². The molecule has 0 aliphatic carbocycles. The van der Waals surface area contributed by atoms with E-state index < -0.39 is 5.91 Å². The van der Waals surface area contributed by atoms with Crippen molar-refractivity contribution in [1.29, 1.82) is 0 Å². The second-order valence-electron chi connectivity index (χ2n) is 9.07. The molecule has 3 N–H and O–H groups in total. The predicted octanol–water partition coefficient (Wildman–Crippen LogP) is 6.53. The van der Waals surface area contributed by atoms with Gasteiger partial charge in [0.15, 0.2) is 0 Å². The van der Waals surface area contributed by atoms with Crippen molar-refractivity contribution in [1.82, 2.24) is 5.32 Å². The number of amides is 3. The average Bonchev–Trinajstić information content (AvgIpc) is 2.97. The molecule has 0 saturated heterocycles. The monoisotopic (exact) mass is 565 g/mol. The van der Waals surface area contributed by atoms with Crippen LogP contribution in [0.2, 0.25) is 0 Å². The van der Waals surface area contributed by atoms with Gasteiger partial charge >= 0.3 is 0 Å². The highest BCUT2D eigenvalue weighted by Gasteiger charge is 2.15. The first-order chi connectivity index (χ1) is 19.9. The zero-order valence-electron chi connectivity index (χ0n) is 22.8. The van der Waals surface area contributed by atoms with Gasteiger partial charge in [-0.15, -0.1) is 11.8 Å². The summed E-state index contributed by atoms with van der Waals surface area (Å²) in [5.74, 6) is -0.0690. The van der Waals surface area contributed by atoms with Crippen molar-refractivity contribution in [3.8, 4) is 5.75 Å². The van der Waals surface area contributed by atoms with Crippen LogP contribution in [0.25, 0.3) is 6.08 Å². The number of aryl methyl sites for hydroxylation is 1. The molecule has 0 bridgehead atoms. The van der Waals surface area contributed by atoms with Gasteiger partial charge in [-0.3, -0.25) is 14.4 Å². The lowest BCUT2D eigenvalue weighted by atomic mass is 10.1. The predicted molar refractivity (Wildman–Crippen MR) is 165 cm³/mol. The van der Waals surface area contributed by atoms with Gasteiger partial charge in [-0.05, 0) is 80.1 Å². The number of thioether (sulfide) groups is 1. The van der Waals surface area contributed by atoms with E-state index >= 15 is 0 Å². The summed E-state index contributed by atoms with van der Waals surface area (Å²) < 4.78 is 5.43.